The molecule has 0 bridgehead atoms. The maximum Gasteiger partial charge on any atom is 0.214 e. The van der Waals surface area contributed by atoms with Crippen molar-refractivity contribution in [2.45, 2.75) is 25.9 Å². The molecule has 0 fully saturated rings. The molecule has 19 heavy (non-hydrogen) atoms. The SMILES string of the molecule is Cc1cccc(-n2nnnc2SC[C@H](C)C#N)c1C. The van der Waals surface area contributed by atoms with Crippen LogP contribution < -0.4 is 0 Å². The van der Waals surface area contributed by atoms with Gasteiger partial charge in [-0.15, -0.1) is 5.10 Å². The molecule has 1 atom stereocenters. The summed E-state index contributed by atoms with van der Waals surface area (Å²) in [6, 6.07) is 8.26. The number of nitriles is 1. The monoisotopic (exact) mass is 273 g/mol. The first kappa shape index (κ1) is 13.6. The number of aryl methyl sites for hydroxylation is 1. The number of hydrogen-bond donors (Lipinski definition) is 0. The molecule has 1 heterocycles. The first-order valence-corrected chi connectivity index (χ1v) is 6.99. The number of hydrogen-bond acceptors (Lipinski definition) is 5. The van der Waals surface area contributed by atoms with E-state index in [0.29, 0.717) is 5.75 Å². The summed E-state index contributed by atoms with van der Waals surface area (Å²) in [7, 11) is 0. The predicted molar refractivity (Wildman–Crippen MR) is 74.1 cm³/mol. The second-order valence-electron chi connectivity index (χ2n) is 4.43. The van der Waals surface area contributed by atoms with Gasteiger partial charge in [0.15, 0.2) is 0 Å². The van der Waals surface area contributed by atoms with Crippen molar-refractivity contribution in [1.82, 2.24) is 20.2 Å². The molecule has 0 aliphatic rings. The molecule has 5 nitrogen and oxygen atoms in total. The molecule has 2 rings (SSSR count). The van der Waals surface area contributed by atoms with E-state index in [2.05, 4.69) is 41.5 Å². The van der Waals surface area contributed by atoms with Crippen LogP contribution in [0.2, 0.25) is 0 Å². The predicted octanol–water partition coefficient (Wildman–Crippen LogP) is 2.53. The summed E-state index contributed by atoms with van der Waals surface area (Å²) in [5, 5.41) is 21.3. The highest BCUT2D eigenvalue weighted by molar-refractivity contribution is 7.99. The van der Waals surface area contributed by atoms with Crippen LogP contribution >= 0.6 is 11.8 Å². The minimum absolute atomic E-state index is 0.0197. The number of tetrazole rings is 1. The Hall–Kier alpha value is -1.87. The molecule has 1 aromatic carbocycles. The number of benzene rings is 1. The van der Waals surface area contributed by atoms with Crippen molar-refractivity contribution in [2.24, 2.45) is 5.92 Å². The van der Waals surface area contributed by atoms with Gasteiger partial charge in [0.05, 0.1) is 17.7 Å². The number of aromatic nitrogens is 4. The van der Waals surface area contributed by atoms with Crippen molar-refractivity contribution in [1.29, 1.82) is 5.26 Å². The van der Waals surface area contributed by atoms with Gasteiger partial charge in [-0.2, -0.15) is 9.94 Å². The molecular formula is C13H15N5S. The standard InChI is InChI=1S/C13H15N5S/c1-9(7-14)8-19-13-15-16-17-18(13)12-6-4-5-10(2)11(12)3/h4-6,9H,8H2,1-3H3/t9-/m1/s1. The van der Waals surface area contributed by atoms with Gasteiger partial charge in [0.25, 0.3) is 0 Å². The Labute approximate surface area is 116 Å². The summed E-state index contributed by atoms with van der Waals surface area (Å²) in [4.78, 5) is 0. The Morgan fingerprint density at radius 2 is 2.21 bits per heavy atom. The molecule has 6 heteroatoms. The van der Waals surface area contributed by atoms with E-state index < -0.39 is 0 Å². The summed E-state index contributed by atoms with van der Waals surface area (Å²) in [5.74, 6) is 0.663. The zero-order valence-corrected chi connectivity index (χ0v) is 12.0. The normalized spacial score (nSPS) is 12.1. The van der Waals surface area contributed by atoms with Crippen molar-refractivity contribution in [3.8, 4) is 11.8 Å². The van der Waals surface area contributed by atoms with Crippen LogP contribution in [-0.2, 0) is 0 Å². The number of thioether (sulfide) groups is 1. The highest BCUT2D eigenvalue weighted by Gasteiger charge is 2.13. The van der Waals surface area contributed by atoms with Crippen molar-refractivity contribution < 1.29 is 0 Å². The van der Waals surface area contributed by atoms with Crippen LogP contribution in [-0.4, -0.2) is 26.0 Å². The molecule has 0 unspecified atom stereocenters. The van der Waals surface area contributed by atoms with Crippen molar-refractivity contribution in [3.63, 3.8) is 0 Å². The van der Waals surface area contributed by atoms with E-state index in [1.54, 1.807) is 4.68 Å². The van der Waals surface area contributed by atoms with Gasteiger partial charge in [-0.05, 0) is 48.4 Å². The molecule has 0 radical (unpaired) electrons. The molecule has 0 amide bonds. The lowest BCUT2D eigenvalue weighted by Gasteiger charge is -2.09. The second kappa shape index (κ2) is 5.85. The molecule has 0 saturated carbocycles. The summed E-state index contributed by atoms with van der Waals surface area (Å²) >= 11 is 1.50. The van der Waals surface area contributed by atoms with E-state index >= 15 is 0 Å². The van der Waals surface area contributed by atoms with E-state index in [4.69, 9.17) is 5.26 Å². The molecular weight excluding hydrogens is 258 g/mol. The summed E-state index contributed by atoms with van der Waals surface area (Å²) in [6.45, 7) is 6.01. The molecule has 0 aliphatic carbocycles. The molecule has 0 N–H and O–H groups in total. The van der Waals surface area contributed by atoms with Gasteiger partial charge in [-0.1, -0.05) is 23.9 Å². The molecule has 0 spiro atoms. The largest absolute Gasteiger partial charge is 0.214 e. The number of nitrogens with zero attached hydrogens (tertiary/aromatic N) is 5. The second-order valence-corrected chi connectivity index (χ2v) is 5.42. The van der Waals surface area contributed by atoms with Crippen LogP contribution in [0.5, 0.6) is 0 Å². The lowest BCUT2D eigenvalue weighted by molar-refractivity contribution is 0.749. The van der Waals surface area contributed by atoms with E-state index in [0.717, 1.165) is 16.4 Å². The third-order valence-corrected chi connectivity index (χ3v) is 4.11. The maximum atomic E-state index is 8.81. The fourth-order valence-corrected chi connectivity index (χ4v) is 2.45. The topological polar surface area (TPSA) is 67.4 Å². The smallest absolute Gasteiger partial charge is 0.198 e. The molecule has 98 valence electrons. The van der Waals surface area contributed by atoms with Gasteiger partial charge < -0.3 is 0 Å². The van der Waals surface area contributed by atoms with Gasteiger partial charge in [0.2, 0.25) is 5.16 Å². The molecule has 2 aromatic rings. The van der Waals surface area contributed by atoms with Crippen molar-refractivity contribution >= 4 is 11.8 Å². The Kier molecular flexibility index (Phi) is 4.17. The zero-order chi connectivity index (χ0) is 13.8. The van der Waals surface area contributed by atoms with E-state index in [9.17, 15) is 0 Å². The average molecular weight is 273 g/mol. The van der Waals surface area contributed by atoms with Crippen LogP contribution in [0.1, 0.15) is 18.1 Å². The van der Waals surface area contributed by atoms with E-state index in [1.807, 2.05) is 19.1 Å². The van der Waals surface area contributed by atoms with Crippen LogP contribution in [0.15, 0.2) is 23.4 Å². The number of rotatable bonds is 4. The lowest BCUT2D eigenvalue weighted by atomic mass is 10.1. The minimum Gasteiger partial charge on any atom is -0.198 e. The highest BCUT2D eigenvalue weighted by Crippen LogP contribution is 2.23. The zero-order valence-electron chi connectivity index (χ0n) is 11.2. The molecule has 0 saturated heterocycles. The fourth-order valence-electron chi connectivity index (χ4n) is 1.62. The first-order valence-electron chi connectivity index (χ1n) is 6.01. The fraction of sp³-hybridized carbons (Fsp3) is 0.385. The lowest BCUT2D eigenvalue weighted by Crippen LogP contribution is -2.04. The Morgan fingerprint density at radius 3 is 2.95 bits per heavy atom. The van der Waals surface area contributed by atoms with Gasteiger partial charge >= 0.3 is 0 Å². The van der Waals surface area contributed by atoms with Gasteiger partial charge in [-0.3, -0.25) is 0 Å². The Bertz CT molecular complexity index is 614. The third-order valence-electron chi connectivity index (χ3n) is 2.93. The van der Waals surface area contributed by atoms with Crippen LogP contribution in [0, 0.1) is 31.1 Å². The van der Waals surface area contributed by atoms with Crippen molar-refractivity contribution in [2.75, 3.05) is 5.75 Å². The Morgan fingerprint density at radius 1 is 1.42 bits per heavy atom. The molecule has 0 aliphatic heterocycles. The quantitative estimate of drug-likeness (QED) is 0.801. The van der Waals surface area contributed by atoms with Crippen LogP contribution in [0.25, 0.3) is 5.69 Å². The van der Waals surface area contributed by atoms with E-state index in [-0.39, 0.29) is 5.92 Å². The summed E-state index contributed by atoms with van der Waals surface area (Å²) < 4.78 is 1.73. The molecule has 1 aromatic heterocycles. The van der Waals surface area contributed by atoms with Gasteiger partial charge in [-0.25, -0.2) is 0 Å². The van der Waals surface area contributed by atoms with Gasteiger partial charge in [0, 0.05) is 5.75 Å². The minimum atomic E-state index is -0.0197. The average Bonchev–Trinajstić information content (AvgIpc) is 2.87. The third kappa shape index (κ3) is 2.93. The van der Waals surface area contributed by atoms with Gasteiger partial charge in [0.1, 0.15) is 0 Å². The first-order chi connectivity index (χ1) is 9.13. The Balaban J connectivity index is 2.29. The summed E-state index contributed by atoms with van der Waals surface area (Å²) in [5.41, 5.74) is 3.34. The highest BCUT2D eigenvalue weighted by atomic mass is 32.2. The van der Waals surface area contributed by atoms with Crippen LogP contribution in [0.4, 0.5) is 0 Å². The summed E-state index contributed by atoms with van der Waals surface area (Å²) in [6.07, 6.45) is 0. The van der Waals surface area contributed by atoms with Crippen LogP contribution in [0.3, 0.4) is 0 Å². The maximum absolute atomic E-state index is 8.81. The van der Waals surface area contributed by atoms with E-state index in [1.165, 1.54) is 17.3 Å². The van der Waals surface area contributed by atoms with Crippen molar-refractivity contribution in [3.05, 3.63) is 29.3 Å².